The number of nitrogens with one attached hydrogen (secondary N) is 1. The van der Waals surface area contributed by atoms with Gasteiger partial charge in [0, 0.05) is 33.9 Å². The monoisotopic (exact) mass is 474 g/mol. The second-order valence-corrected chi connectivity index (χ2v) is 9.32. The van der Waals surface area contributed by atoms with Crippen molar-refractivity contribution in [2.24, 2.45) is 9.98 Å². The molecule has 0 amide bonds. The highest BCUT2D eigenvalue weighted by atomic mass is 35.5. The number of allylic oxidation sites excluding steroid dienone is 1. The Balaban J connectivity index is 1.65. The van der Waals surface area contributed by atoms with E-state index in [0.29, 0.717) is 5.02 Å². The van der Waals surface area contributed by atoms with Crippen molar-refractivity contribution < 1.29 is 0 Å². The van der Waals surface area contributed by atoms with E-state index in [4.69, 9.17) is 33.2 Å². The molecule has 166 valence electrons. The molecule has 4 nitrogen and oxygen atoms in total. The normalized spacial score (nSPS) is 19.8. The molecule has 6 heteroatoms. The summed E-state index contributed by atoms with van der Waals surface area (Å²) in [6.45, 7) is 4.17. The number of aliphatic imine (C=N–C) groups is 2. The molecule has 0 saturated carbocycles. The number of anilines is 3. The number of fused-ring (bicyclic) bond motifs is 2. The van der Waals surface area contributed by atoms with Gasteiger partial charge in [-0.1, -0.05) is 35.3 Å². The summed E-state index contributed by atoms with van der Waals surface area (Å²) >= 11 is 12.3. The van der Waals surface area contributed by atoms with Gasteiger partial charge >= 0.3 is 0 Å². The molecule has 0 radical (unpaired) electrons. The van der Waals surface area contributed by atoms with Crippen molar-refractivity contribution >= 4 is 57.4 Å². The Labute approximate surface area is 204 Å². The summed E-state index contributed by atoms with van der Waals surface area (Å²) in [7, 11) is 0. The van der Waals surface area contributed by atoms with Crippen molar-refractivity contribution in [1.82, 2.24) is 0 Å². The van der Waals surface area contributed by atoms with Crippen LogP contribution in [0.15, 0.2) is 94.6 Å². The SMILES string of the molecule is CC(C)N=C1C=C2C(CC1=Nc1ccc(Cl)cc1)Nc1ccccc1N2c1ccc(Cl)cc1. The lowest BCUT2D eigenvalue weighted by atomic mass is 9.91. The van der Waals surface area contributed by atoms with E-state index < -0.39 is 0 Å². The third-order valence-electron chi connectivity index (χ3n) is 5.64. The Morgan fingerprint density at radius 2 is 1.58 bits per heavy atom. The van der Waals surface area contributed by atoms with E-state index >= 15 is 0 Å². The van der Waals surface area contributed by atoms with Gasteiger partial charge in [-0.25, -0.2) is 0 Å². The van der Waals surface area contributed by atoms with Crippen molar-refractivity contribution in [3.63, 3.8) is 0 Å². The molecule has 0 spiro atoms. The first-order chi connectivity index (χ1) is 16.0. The molecule has 2 aliphatic rings. The highest BCUT2D eigenvalue weighted by Gasteiger charge is 2.35. The first kappa shape index (κ1) is 21.7. The van der Waals surface area contributed by atoms with Crippen LogP contribution in [0.25, 0.3) is 0 Å². The maximum Gasteiger partial charge on any atom is 0.0811 e. The number of hydrogen-bond donors (Lipinski definition) is 1. The number of hydrogen-bond acceptors (Lipinski definition) is 4. The van der Waals surface area contributed by atoms with Gasteiger partial charge in [-0.3, -0.25) is 9.98 Å². The molecule has 33 heavy (non-hydrogen) atoms. The lowest BCUT2D eigenvalue weighted by molar-refractivity contribution is 0.802. The first-order valence-electron chi connectivity index (χ1n) is 11.0. The average molecular weight is 475 g/mol. The zero-order valence-corrected chi connectivity index (χ0v) is 20.0. The summed E-state index contributed by atoms with van der Waals surface area (Å²) in [5, 5.41) is 5.13. The summed E-state index contributed by atoms with van der Waals surface area (Å²) < 4.78 is 0. The molecule has 3 aromatic rings. The Kier molecular flexibility index (Phi) is 5.96. The maximum absolute atomic E-state index is 6.19. The van der Waals surface area contributed by atoms with Gasteiger partial charge in [0.25, 0.3) is 0 Å². The molecule has 1 atom stereocenters. The standard InChI is InChI=1S/C27H24Cl2N4/c1-17(2)30-24-16-27-25(15-23(24)31-20-11-7-18(28)8-12-20)32-22-5-3-4-6-26(22)33(27)21-13-9-19(29)10-14-21/h3-14,16-17,25,32H,15H2,1-2H3. The second-order valence-electron chi connectivity index (χ2n) is 8.44. The molecule has 1 aliphatic carbocycles. The van der Waals surface area contributed by atoms with Crippen LogP contribution in [-0.2, 0) is 0 Å². The van der Waals surface area contributed by atoms with Crippen molar-refractivity contribution in [1.29, 1.82) is 0 Å². The number of benzene rings is 3. The third-order valence-corrected chi connectivity index (χ3v) is 6.14. The predicted octanol–water partition coefficient (Wildman–Crippen LogP) is 7.84. The Morgan fingerprint density at radius 3 is 2.27 bits per heavy atom. The number of para-hydroxylation sites is 2. The molecule has 5 rings (SSSR count). The summed E-state index contributed by atoms with van der Waals surface area (Å²) in [6.07, 6.45) is 2.89. The van der Waals surface area contributed by atoms with Crippen LogP contribution in [-0.4, -0.2) is 23.5 Å². The molecule has 1 N–H and O–H groups in total. The fourth-order valence-electron chi connectivity index (χ4n) is 4.23. The minimum absolute atomic E-state index is 0.0627. The molecule has 3 aromatic carbocycles. The topological polar surface area (TPSA) is 40.0 Å². The van der Waals surface area contributed by atoms with Crippen molar-refractivity contribution in [3.8, 4) is 0 Å². The van der Waals surface area contributed by atoms with E-state index in [1.165, 1.54) is 0 Å². The van der Waals surface area contributed by atoms with Gasteiger partial charge < -0.3 is 10.2 Å². The van der Waals surface area contributed by atoms with Gasteiger partial charge in [0.1, 0.15) is 0 Å². The van der Waals surface area contributed by atoms with Gasteiger partial charge in [-0.2, -0.15) is 0 Å². The van der Waals surface area contributed by atoms with Crippen LogP contribution >= 0.6 is 23.2 Å². The van der Waals surface area contributed by atoms with E-state index in [-0.39, 0.29) is 12.1 Å². The molecular formula is C27H24Cl2N4. The Morgan fingerprint density at radius 1 is 0.909 bits per heavy atom. The van der Waals surface area contributed by atoms with E-state index in [2.05, 4.69) is 66.5 Å². The van der Waals surface area contributed by atoms with Crippen molar-refractivity contribution in [3.05, 3.63) is 94.6 Å². The lowest BCUT2D eigenvalue weighted by Gasteiger charge is -2.42. The molecule has 0 bridgehead atoms. The highest BCUT2D eigenvalue weighted by molar-refractivity contribution is 6.48. The van der Waals surface area contributed by atoms with Crippen LogP contribution in [0.4, 0.5) is 22.7 Å². The van der Waals surface area contributed by atoms with Crippen molar-refractivity contribution in [2.75, 3.05) is 10.2 Å². The smallest absolute Gasteiger partial charge is 0.0811 e. The quantitative estimate of drug-likeness (QED) is 0.419. The lowest BCUT2D eigenvalue weighted by Crippen LogP contribution is -2.43. The van der Waals surface area contributed by atoms with E-state index in [1.807, 2.05) is 36.4 Å². The van der Waals surface area contributed by atoms with E-state index in [0.717, 1.165) is 51.3 Å². The predicted molar refractivity (Wildman–Crippen MR) is 141 cm³/mol. The second kappa shape index (κ2) is 9.05. The minimum Gasteiger partial charge on any atom is -0.375 e. The van der Waals surface area contributed by atoms with Crippen LogP contribution < -0.4 is 10.2 Å². The third kappa shape index (κ3) is 4.54. The number of nitrogens with zero attached hydrogens (tertiary/aromatic N) is 3. The number of halogens is 2. The summed E-state index contributed by atoms with van der Waals surface area (Å²) in [5.41, 5.74) is 7.13. The zero-order valence-electron chi connectivity index (χ0n) is 18.5. The van der Waals surface area contributed by atoms with Gasteiger partial charge in [-0.05, 0) is 80.6 Å². The highest BCUT2D eigenvalue weighted by Crippen LogP contribution is 2.43. The van der Waals surface area contributed by atoms with Gasteiger partial charge in [0.15, 0.2) is 0 Å². The summed E-state index contributed by atoms with van der Waals surface area (Å²) in [6, 6.07) is 24.1. The zero-order chi connectivity index (χ0) is 22.9. The fourth-order valence-corrected chi connectivity index (χ4v) is 4.48. The summed E-state index contributed by atoms with van der Waals surface area (Å²) in [4.78, 5) is 12.2. The van der Waals surface area contributed by atoms with Gasteiger partial charge in [0.05, 0.1) is 34.5 Å². The number of rotatable bonds is 3. The molecule has 0 saturated heterocycles. The van der Waals surface area contributed by atoms with Gasteiger partial charge in [0.2, 0.25) is 0 Å². The average Bonchev–Trinajstić information content (AvgIpc) is 2.80. The van der Waals surface area contributed by atoms with Gasteiger partial charge in [-0.15, -0.1) is 0 Å². The minimum atomic E-state index is 0.0627. The fraction of sp³-hybridized carbons (Fsp3) is 0.185. The largest absolute Gasteiger partial charge is 0.375 e. The van der Waals surface area contributed by atoms with Crippen LogP contribution in [0, 0.1) is 0 Å². The summed E-state index contributed by atoms with van der Waals surface area (Å²) in [5.74, 6) is 0. The van der Waals surface area contributed by atoms with Crippen LogP contribution in [0.2, 0.25) is 10.0 Å². The first-order valence-corrected chi connectivity index (χ1v) is 11.8. The van der Waals surface area contributed by atoms with E-state index in [1.54, 1.807) is 0 Å². The van der Waals surface area contributed by atoms with E-state index in [9.17, 15) is 0 Å². The van der Waals surface area contributed by atoms with Crippen molar-refractivity contribution in [2.45, 2.75) is 32.4 Å². The molecule has 1 unspecified atom stereocenters. The Hall–Kier alpha value is -3.08. The molecule has 0 fully saturated rings. The van der Waals surface area contributed by atoms with Crippen LogP contribution in [0.3, 0.4) is 0 Å². The van der Waals surface area contributed by atoms with Crippen LogP contribution in [0.5, 0.6) is 0 Å². The molecular weight excluding hydrogens is 451 g/mol. The molecule has 1 heterocycles. The molecule has 1 aliphatic heterocycles. The van der Waals surface area contributed by atoms with Crippen LogP contribution in [0.1, 0.15) is 20.3 Å². The maximum atomic E-state index is 6.19. The Bertz CT molecular complexity index is 1260. The molecule has 0 aromatic heterocycles.